The standard InChI is InChI=1S/C15H20N2O.ClH/c1-16(2)9-10-17-8-7-15-13(11-17)12-5-3-4-6-14(12)18-15;/h3-6H,7-11H2,1-2H3;1H. The lowest BCUT2D eigenvalue weighted by Crippen LogP contribution is -2.35. The van der Waals surface area contributed by atoms with Crippen molar-refractivity contribution in [2.45, 2.75) is 13.0 Å². The number of likely N-dealkylation sites (N-methyl/N-ethyl adjacent to an activating group) is 1. The maximum atomic E-state index is 5.93. The van der Waals surface area contributed by atoms with E-state index in [0.717, 1.165) is 38.2 Å². The molecule has 4 heteroatoms. The van der Waals surface area contributed by atoms with Gasteiger partial charge in [0, 0.05) is 43.5 Å². The molecule has 1 aromatic heterocycles. The molecule has 0 atom stereocenters. The fourth-order valence-corrected chi connectivity index (χ4v) is 2.62. The third kappa shape index (κ3) is 2.94. The van der Waals surface area contributed by atoms with E-state index in [0.29, 0.717) is 0 Å². The molecule has 0 aliphatic carbocycles. The van der Waals surface area contributed by atoms with Gasteiger partial charge < -0.3 is 9.32 Å². The molecule has 0 unspecified atom stereocenters. The summed E-state index contributed by atoms with van der Waals surface area (Å²) in [6.07, 6.45) is 1.04. The fraction of sp³-hybridized carbons (Fsp3) is 0.467. The highest BCUT2D eigenvalue weighted by Gasteiger charge is 2.21. The first-order valence-electron chi connectivity index (χ1n) is 6.60. The summed E-state index contributed by atoms with van der Waals surface area (Å²) in [6.45, 7) is 4.39. The maximum absolute atomic E-state index is 5.93. The van der Waals surface area contributed by atoms with Gasteiger partial charge in [-0.15, -0.1) is 12.4 Å². The number of hydrogen-bond acceptors (Lipinski definition) is 3. The van der Waals surface area contributed by atoms with Crippen molar-refractivity contribution in [2.75, 3.05) is 33.7 Å². The normalized spacial score (nSPS) is 15.5. The Morgan fingerprint density at radius 3 is 2.84 bits per heavy atom. The molecule has 19 heavy (non-hydrogen) atoms. The zero-order valence-corrected chi connectivity index (χ0v) is 12.4. The van der Waals surface area contributed by atoms with Gasteiger partial charge in [0.25, 0.3) is 0 Å². The Morgan fingerprint density at radius 1 is 1.26 bits per heavy atom. The highest BCUT2D eigenvalue weighted by atomic mass is 35.5. The van der Waals surface area contributed by atoms with Gasteiger partial charge in [-0.2, -0.15) is 0 Å². The van der Waals surface area contributed by atoms with Crippen molar-refractivity contribution in [3.05, 3.63) is 35.6 Å². The SMILES string of the molecule is CN(C)CCN1CCc2oc3ccccc3c2C1.Cl. The van der Waals surface area contributed by atoms with Gasteiger partial charge in [-0.3, -0.25) is 4.90 Å². The average molecular weight is 281 g/mol. The second-order valence-corrected chi connectivity index (χ2v) is 5.33. The Balaban J connectivity index is 0.00000133. The van der Waals surface area contributed by atoms with Crippen molar-refractivity contribution in [3.8, 4) is 0 Å². The minimum absolute atomic E-state index is 0. The number of halogens is 1. The molecule has 0 saturated carbocycles. The molecule has 0 saturated heterocycles. The van der Waals surface area contributed by atoms with Crippen LogP contribution in [0.25, 0.3) is 11.0 Å². The van der Waals surface area contributed by atoms with Gasteiger partial charge in [0.15, 0.2) is 0 Å². The lowest BCUT2D eigenvalue weighted by atomic mass is 10.0. The third-order valence-electron chi connectivity index (χ3n) is 3.68. The number of furan rings is 1. The van der Waals surface area contributed by atoms with Crippen LogP contribution in [0.3, 0.4) is 0 Å². The van der Waals surface area contributed by atoms with Crippen LogP contribution in [-0.4, -0.2) is 43.5 Å². The van der Waals surface area contributed by atoms with Crippen LogP contribution < -0.4 is 0 Å². The van der Waals surface area contributed by atoms with Gasteiger partial charge in [-0.25, -0.2) is 0 Å². The summed E-state index contributed by atoms with van der Waals surface area (Å²) in [4.78, 5) is 4.76. The van der Waals surface area contributed by atoms with Crippen molar-refractivity contribution in [3.63, 3.8) is 0 Å². The number of hydrogen-bond donors (Lipinski definition) is 0. The monoisotopic (exact) mass is 280 g/mol. The topological polar surface area (TPSA) is 19.6 Å². The molecule has 3 nitrogen and oxygen atoms in total. The van der Waals surface area contributed by atoms with Crippen molar-refractivity contribution >= 4 is 23.4 Å². The van der Waals surface area contributed by atoms with E-state index < -0.39 is 0 Å². The largest absolute Gasteiger partial charge is 0.461 e. The highest BCUT2D eigenvalue weighted by molar-refractivity contribution is 5.85. The van der Waals surface area contributed by atoms with Crippen molar-refractivity contribution in [2.24, 2.45) is 0 Å². The molecule has 0 radical (unpaired) electrons. The minimum atomic E-state index is 0. The zero-order chi connectivity index (χ0) is 12.5. The molecule has 3 rings (SSSR count). The van der Waals surface area contributed by atoms with E-state index in [2.05, 4.69) is 42.1 Å². The van der Waals surface area contributed by atoms with Crippen LogP contribution >= 0.6 is 12.4 Å². The average Bonchev–Trinajstić information content (AvgIpc) is 2.74. The van der Waals surface area contributed by atoms with Crippen LogP contribution in [-0.2, 0) is 13.0 Å². The number of para-hydroxylation sites is 1. The quantitative estimate of drug-likeness (QED) is 0.862. The van der Waals surface area contributed by atoms with E-state index in [4.69, 9.17) is 4.42 Å². The summed E-state index contributed by atoms with van der Waals surface area (Å²) >= 11 is 0. The van der Waals surface area contributed by atoms with E-state index in [9.17, 15) is 0 Å². The van der Waals surface area contributed by atoms with Gasteiger partial charge in [0.1, 0.15) is 11.3 Å². The van der Waals surface area contributed by atoms with Crippen LogP contribution in [0.5, 0.6) is 0 Å². The second kappa shape index (κ2) is 5.95. The molecular weight excluding hydrogens is 260 g/mol. The van der Waals surface area contributed by atoms with Crippen LogP contribution in [0.15, 0.2) is 28.7 Å². The van der Waals surface area contributed by atoms with Crippen LogP contribution in [0.2, 0.25) is 0 Å². The summed E-state index contributed by atoms with van der Waals surface area (Å²) in [5, 5.41) is 1.29. The summed E-state index contributed by atoms with van der Waals surface area (Å²) in [5.41, 5.74) is 2.44. The minimum Gasteiger partial charge on any atom is -0.461 e. The van der Waals surface area contributed by atoms with E-state index >= 15 is 0 Å². The van der Waals surface area contributed by atoms with E-state index in [-0.39, 0.29) is 12.4 Å². The molecule has 1 aromatic carbocycles. The molecule has 0 spiro atoms. The molecule has 2 heterocycles. The number of rotatable bonds is 3. The predicted octanol–water partition coefficient (Wildman–Crippen LogP) is 2.77. The number of fused-ring (bicyclic) bond motifs is 3. The fourth-order valence-electron chi connectivity index (χ4n) is 2.62. The number of benzene rings is 1. The lowest BCUT2D eigenvalue weighted by Gasteiger charge is -2.27. The van der Waals surface area contributed by atoms with Gasteiger partial charge >= 0.3 is 0 Å². The first-order chi connectivity index (χ1) is 8.74. The van der Waals surface area contributed by atoms with Gasteiger partial charge in [-0.05, 0) is 20.2 Å². The molecule has 104 valence electrons. The Kier molecular flexibility index (Phi) is 4.50. The molecule has 0 amide bonds. The molecule has 1 aliphatic heterocycles. The van der Waals surface area contributed by atoms with Gasteiger partial charge in [0.2, 0.25) is 0 Å². The highest BCUT2D eigenvalue weighted by Crippen LogP contribution is 2.30. The maximum Gasteiger partial charge on any atom is 0.134 e. The van der Waals surface area contributed by atoms with Crippen LogP contribution in [0, 0.1) is 0 Å². The van der Waals surface area contributed by atoms with E-state index in [1.807, 2.05) is 6.07 Å². The summed E-state index contributed by atoms with van der Waals surface area (Å²) in [7, 11) is 4.26. The van der Waals surface area contributed by atoms with Gasteiger partial charge in [0.05, 0.1) is 0 Å². The predicted molar refractivity (Wildman–Crippen MR) is 81.0 cm³/mol. The first-order valence-corrected chi connectivity index (χ1v) is 6.60. The Hall–Kier alpha value is -1.03. The first kappa shape index (κ1) is 14.4. The van der Waals surface area contributed by atoms with E-state index in [1.165, 1.54) is 16.7 Å². The third-order valence-corrected chi connectivity index (χ3v) is 3.68. The molecule has 0 fully saturated rings. The molecule has 0 bridgehead atoms. The second-order valence-electron chi connectivity index (χ2n) is 5.33. The van der Waals surface area contributed by atoms with E-state index in [1.54, 1.807) is 0 Å². The molecule has 0 N–H and O–H groups in total. The van der Waals surface area contributed by atoms with Crippen LogP contribution in [0.1, 0.15) is 11.3 Å². The Morgan fingerprint density at radius 2 is 2.05 bits per heavy atom. The number of nitrogens with zero attached hydrogens (tertiary/aromatic N) is 2. The molecular formula is C15H21ClN2O. The summed E-state index contributed by atoms with van der Waals surface area (Å²) in [6, 6.07) is 8.38. The lowest BCUT2D eigenvalue weighted by molar-refractivity contribution is 0.218. The van der Waals surface area contributed by atoms with Crippen molar-refractivity contribution in [1.82, 2.24) is 9.80 Å². The summed E-state index contributed by atoms with van der Waals surface area (Å²) < 4.78 is 5.93. The van der Waals surface area contributed by atoms with Crippen molar-refractivity contribution < 1.29 is 4.42 Å². The van der Waals surface area contributed by atoms with Crippen molar-refractivity contribution in [1.29, 1.82) is 0 Å². The Labute approximate surface area is 120 Å². The molecule has 1 aliphatic rings. The smallest absolute Gasteiger partial charge is 0.134 e. The molecule has 2 aromatic rings. The summed E-state index contributed by atoms with van der Waals surface area (Å²) in [5.74, 6) is 1.19. The Bertz CT molecular complexity index is 550. The van der Waals surface area contributed by atoms with Gasteiger partial charge in [-0.1, -0.05) is 18.2 Å². The van der Waals surface area contributed by atoms with Crippen LogP contribution in [0.4, 0.5) is 0 Å². The zero-order valence-electron chi connectivity index (χ0n) is 11.6.